The number of aromatic nitrogens is 4. The topological polar surface area (TPSA) is 43.6 Å². The van der Waals surface area contributed by atoms with E-state index >= 15 is 0 Å². The summed E-state index contributed by atoms with van der Waals surface area (Å²) in [5.74, 6) is 1.61. The van der Waals surface area contributed by atoms with Gasteiger partial charge in [0.25, 0.3) is 0 Å². The summed E-state index contributed by atoms with van der Waals surface area (Å²) in [6.07, 6.45) is 1.63. The molecule has 2 heterocycles. The summed E-state index contributed by atoms with van der Waals surface area (Å²) in [6, 6.07) is 13.9. The van der Waals surface area contributed by atoms with Gasteiger partial charge in [-0.05, 0) is 40.1 Å². The second kappa shape index (κ2) is 8.24. The molecule has 2 aromatic heterocycles. The maximum absolute atomic E-state index is 4.61. The monoisotopic (exact) mass is 568 g/mol. The number of aryl methyl sites for hydroxylation is 1. The van der Waals surface area contributed by atoms with Crippen LogP contribution in [0.4, 0.5) is 0 Å². The van der Waals surface area contributed by atoms with E-state index in [1.54, 1.807) is 17.7 Å². The van der Waals surface area contributed by atoms with Crippen molar-refractivity contribution < 1.29 is 20.1 Å². The first kappa shape index (κ1) is 20.8. The molecule has 6 heteroatoms. The van der Waals surface area contributed by atoms with Crippen LogP contribution in [0.1, 0.15) is 55.7 Å². The summed E-state index contributed by atoms with van der Waals surface area (Å²) < 4.78 is 3.13. The number of thiazole rings is 1. The average molecular weight is 568 g/mol. The molecule has 0 aliphatic heterocycles. The van der Waals surface area contributed by atoms with E-state index in [0.29, 0.717) is 11.8 Å². The zero-order valence-corrected chi connectivity index (χ0v) is 19.9. The molecule has 1 radical (unpaired) electrons. The summed E-state index contributed by atoms with van der Waals surface area (Å²) in [5, 5.41) is 5.67. The number of benzene rings is 2. The molecule has 0 bridgehead atoms. The van der Waals surface area contributed by atoms with Gasteiger partial charge >= 0.3 is 0 Å². The molecule has 147 valence electrons. The molecule has 0 saturated heterocycles. The Kier molecular flexibility index (Phi) is 6.13. The van der Waals surface area contributed by atoms with Crippen LogP contribution in [0.15, 0.2) is 36.7 Å². The van der Waals surface area contributed by atoms with Crippen LogP contribution >= 0.6 is 11.3 Å². The third-order valence-corrected chi connectivity index (χ3v) is 5.70. The minimum absolute atomic E-state index is 0. The second-order valence-corrected chi connectivity index (χ2v) is 8.65. The van der Waals surface area contributed by atoms with Crippen LogP contribution in [0.2, 0.25) is 0 Å². The molecule has 0 spiro atoms. The Labute approximate surface area is 183 Å². The smallest absolute Gasteiger partial charge is 0.127 e. The third-order valence-electron chi connectivity index (χ3n) is 4.77. The van der Waals surface area contributed by atoms with Gasteiger partial charge in [-0.25, -0.2) is 0 Å². The van der Waals surface area contributed by atoms with Crippen LogP contribution < -0.4 is 0 Å². The quantitative estimate of drug-likeness (QED) is 0.289. The maximum Gasteiger partial charge on any atom is 0.127 e. The van der Waals surface area contributed by atoms with Crippen LogP contribution in [0.3, 0.4) is 0 Å². The summed E-state index contributed by atoms with van der Waals surface area (Å²) in [5.41, 5.74) is 5.63. The Morgan fingerprint density at radius 3 is 2.39 bits per heavy atom. The first-order valence-electron chi connectivity index (χ1n) is 9.28. The van der Waals surface area contributed by atoms with Gasteiger partial charge < -0.3 is 0 Å². The van der Waals surface area contributed by atoms with Crippen LogP contribution in [0.25, 0.3) is 27.3 Å². The number of para-hydroxylation sites is 1. The van der Waals surface area contributed by atoms with Gasteiger partial charge in [0.2, 0.25) is 0 Å². The predicted molar refractivity (Wildman–Crippen MR) is 112 cm³/mol. The molecule has 4 aromatic rings. The van der Waals surface area contributed by atoms with Crippen molar-refractivity contribution in [2.45, 2.75) is 46.5 Å². The number of hydrogen-bond donors (Lipinski definition) is 0. The molecular formula is C22H23IrN4S-. The Morgan fingerprint density at radius 1 is 1.07 bits per heavy atom. The van der Waals surface area contributed by atoms with E-state index in [1.165, 1.54) is 11.1 Å². The zero-order chi connectivity index (χ0) is 19.1. The van der Waals surface area contributed by atoms with Crippen LogP contribution in [-0.4, -0.2) is 19.7 Å². The number of rotatable bonds is 4. The minimum Gasteiger partial charge on any atom is -0.290 e. The van der Waals surface area contributed by atoms with E-state index in [4.69, 9.17) is 0 Å². The van der Waals surface area contributed by atoms with Crippen LogP contribution in [0.5, 0.6) is 0 Å². The van der Waals surface area contributed by atoms with Gasteiger partial charge in [-0.3, -0.25) is 14.6 Å². The molecular weight excluding hydrogens is 545 g/mol. The molecule has 0 aliphatic rings. The van der Waals surface area contributed by atoms with Gasteiger partial charge in [-0.2, -0.15) is 5.10 Å². The molecule has 2 aromatic carbocycles. The fourth-order valence-electron chi connectivity index (χ4n) is 3.46. The van der Waals surface area contributed by atoms with Gasteiger partial charge in [0.15, 0.2) is 0 Å². The predicted octanol–water partition coefficient (Wildman–Crippen LogP) is 5.90. The summed E-state index contributed by atoms with van der Waals surface area (Å²) in [6.45, 7) is 10.9. The van der Waals surface area contributed by atoms with E-state index in [1.807, 2.05) is 17.7 Å². The molecule has 0 amide bonds. The SMILES string of the molecule is Cc1nc2c[c-]c(-c3ncnn3-c3c(C(C)C)cccc3C(C)C)cc2s1.[Ir]. The molecule has 4 nitrogen and oxygen atoms in total. The van der Waals surface area contributed by atoms with Gasteiger partial charge in [-0.15, -0.1) is 35.1 Å². The standard InChI is InChI=1S/C22H23N4S.Ir/c1-13(2)17-7-6-8-18(14(3)4)21(17)26-22(23-12-24-26)16-9-10-19-20(11-16)27-15(5)25-19;/h6-8,10-14H,1-5H3;/q-1;. The summed E-state index contributed by atoms with van der Waals surface area (Å²) in [4.78, 5) is 9.12. The Morgan fingerprint density at radius 2 is 1.75 bits per heavy atom. The van der Waals surface area contributed by atoms with Gasteiger partial charge in [0.1, 0.15) is 6.33 Å². The fraction of sp³-hybridized carbons (Fsp3) is 0.318. The van der Waals surface area contributed by atoms with Crippen LogP contribution in [0, 0.1) is 13.0 Å². The minimum atomic E-state index is 0. The molecule has 0 N–H and O–H groups in total. The van der Waals surface area contributed by atoms with E-state index < -0.39 is 0 Å². The van der Waals surface area contributed by atoms with Crippen molar-refractivity contribution in [2.24, 2.45) is 0 Å². The van der Waals surface area contributed by atoms with Crippen molar-refractivity contribution in [3.63, 3.8) is 0 Å². The molecule has 4 rings (SSSR count). The average Bonchev–Trinajstić information content (AvgIpc) is 3.25. The van der Waals surface area contributed by atoms with Crippen LogP contribution in [-0.2, 0) is 20.1 Å². The Hall–Kier alpha value is -1.88. The van der Waals surface area contributed by atoms with Crippen molar-refractivity contribution >= 4 is 21.6 Å². The van der Waals surface area contributed by atoms with E-state index in [-0.39, 0.29) is 20.1 Å². The number of fused-ring (bicyclic) bond motifs is 1. The van der Waals surface area contributed by atoms with E-state index in [0.717, 1.165) is 32.3 Å². The largest absolute Gasteiger partial charge is 0.290 e. The third kappa shape index (κ3) is 3.69. The van der Waals surface area contributed by atoms with E-state index in [2.05, 4.69) is 73.1 Å². The number of nitrogens with zero attached hydrogens (tertiary/aromatic N) is 4. The molecule has 0 atom stereocenters. The molecule has 0 aliphatic carbocycles. The van der Waals surface area contributed by atoms with Gasteiger partial charge in [0.05, 0.1) is 16.5 Å². The molecule has 0 fully saturated rings. The van der Waals surface area contributed by atoms with Crippen molar-refractivity contribution in [1.29, 1.82) is 0 Å². The first-order valence-corrected chi connectivity index (χ1v) is 10.1. The van der Waals surface area contributed by atoms with E-state index in [9.17, 15) is 0 Å². The molecule has 0 saturated carbocycles. The van der Waals surface area contributed by atoms with Gasteiger partial charge in [0, 0.05) is 20.1 Å². The normalized spacial score (nSPS) is 11.4. The first-order chi connectivity index (χ1) is 13.0. The van der Waals surface area contributed by atoms with Crippen molar-refractivity contribution in [1.82, 2.24) is 19.7 Å². The molecule has 0 unspecified atom stereocenters. The van der Waals surface area contributed by atoms with Gasteiger partial charge in [-0.1, -0.05) is 45.9 Å². The fourth-order valence-corrected chi connectivity index (χ4v) is 4.31. The maximum atomic E-state index is 4.61. The Bertz CT molecular complexity index is 1080. The zero-order valence-electron chi connectivity index (χ0n) is 16.6. The molecule has 28 heavy (non-hydrogen) atoms. The number of hydrogen-bond acceptors (Lipinski definition) is 4. The van der Waals surface area contributed by atoms with Crippen molar-refractivity contribution in [3.05, 3.63) is 58.9 Å². The second-order valence-electron chi connectivity index (χ2n) is 7.42. The summed E-state index contributed by atoms with van der Waals surface area (Å²) in [7, 11) is 0. The van der Waals surface area contributed by atoms with Crippen molar-refractivity contribution in [3.8, 4) is 17.1 Å². The van der Waals surface area contributed by atoms with Crippen molar-refractivity contribution in [2.75, 3.05) is 0 Å². The summed E-state index contributed by atoms with van der Waals surface area (Å²) >= 11 is 1.69. The Balaban J connectivity index is 0.00000225.